The first-order valence-electron chi connectivity index (χ1n) is 7.46. The molecule has 0 radical (unpaired) electrons. The van der Waals surface area contributed by atoms with Gasteiger partial charge in [0.25, 0.3) is 0 Å². The molecular weight excluding hydrogens is 280 g/mol. The Bertz CT molecular complexity index is 704. The van der Waals surface area contributed by atoms with E-state index in [1.54, 1.807) is 12.3 Å². The largest absolute Gasteiger partial charge is 0.493 e. The third-order valence-corrected chi connectivity index (χ3v) is 4.25. The molecule has 4 rings (SSSR count). The minimum Gasteiger partial charge on any atom is -0.493 e. The first-order valence-corrected chi connectivity index (χ1v) is 7.46. The van der Waals surface area contributed by atoms with Gasteiger partial charge in [-0.2, -0.15) is 0 Å². The smallest absolute Gasteiger partial charge is 0.180 e. The average molecular weight is 298 g/mol. The maximum Gasteiger partial charge on any atom is 0.180 e. The van der Waals surface area contributed by atoms with Crippen LogP contribution in [0.5, 0.6) is 5.75 Å². The summed E-state index contributed by atoms with van der Waals surface area (Å²) in [4.78, 5) is 0. The topological polar surface area (TPSA) is 73.8 Å². The second kappa shape index (κ2) is 5.19. The molecule has 114 valence electrons. The molecule has 3 heterocycles. The van der Waals surface area contributed by atoms with E-state index < -0.39 is 6.29 Å². The zero-order valence-electron chi connectivity index (χ0n) is 12.0. The number of nitrogens with one attached hydrogen (secondary N) is 2. The van der Waals surface area contributed by atoms with Crippen molar-refractivity contribution in [1.82, 2.24) is 10.6 Å². The van der Waals surface area contributed by atoms with Crippen LogP contribution in [0.1, 0.15) is 11.1 Å². The summed E-state index contributed by atoms with van der Waals surface area (Å²) in [5.41, 5.74) is 4.88. The molecule has 0 aliphatic carbocycles. The van der Waals surface area contributed by atoms with Crippen LogP contribution in [0.25, 0.3) is 0 Å². The van der Waals surface area contributed by atoms with E-state index in [0.29, 0.717) is 5.57 Å². The molecule has 1 unspecified atom stereocenters. The second-order valence-electron chi connectivity index (χ2n) is 5.75. The molecule has 0 amide bonds. The van der Waals surface area contributed by atoms with Crippen LogP contribution < -0.4 is 15.4 Å². The number of hydrogen-bond acceptors (Lipinski definition) is 5. The molecule has 22 heavy (non-hydrogen) atoms. The lowest BCUT2D eigenvalue weighted by Crippen LogP contribution is -2.32. The Balaban J connectivity index is 1.55. The van der Waals surface area contributed by atoms with E-state index in [9.17, 15) is 10.2 Å². The molecule has 1 aromatic carbocycles. The number of aliphatic hydroxyl groups excluding tert-OH is 1. The van der Waals surface area contributed by atoms with E-state index in [0.717, 1.165) is 36.6 Å². The molecule has 3 aliphatic rings. The lowest BCUT2D eigenvalue weighted by Gasteiger charge is -2.21. The molecule has 0 saturated carbocycles. The Morgan fingerprint density at radius 2 is 2.23 bits per heavy atom. The molecule has 5 nitrogen and oxygen atoms in total. The minimum atomic E-state index is -1.46. The van der Waals surface area contributed by atoms with E-state index >= 15 is 0 Å². The van der Waals surface area contributed by atoms with Crippen molar-refractivity contribution in [2.75, 3.05) is 6.61 Å². The summed E-state index contributed by atoms with van der Waals surface area (Å²) in [6, 6.07) is 6.28. The Morgan fingerprint density at radius 1 is 1.32 bits per heavy atom. The summed E-state index contributed by atoms with van der Waals surface area (Å²) in [5, 5.41) is 25.4. The zero-order valence-corrected chi connectivity index (χ0v) is 12.0. The van der Waals surface area contributed by atoms with Crippen molar-refractivity contribution in [2.24, 2.45) is 0 Å². The average Bonchev–Trinajstić information content (AvgIpc) is 3.11. The van der Waals surface area contributed by atoms with Gasteiger partial charge in [0.1, 0.15) is 5.75 Å². The van der Waals surface area contributed by atoms with Crippen molar-refractivity contribution in [1.29, 1.82) is 0 Å². The van der Waals surface area contributed by atoms with E-state index in [2.05, 4.69) is 28.8 Å². The molecule has 1 atom stereocenters. The number of benzene rings is 1. The molecule has 0 saturated heterocycles. The number of dihydropyridines is 1. The number of rotatable bonds is 3. The van der Waals surface area contributed by atoms with Crippen molar-refractivity contribution >= 4 is 0 Å². The Morgan fingerprint density at radius 3 is 3.09 bits per heavy atom. The molecule has 4 N–H and O–H groups in total. The third-order valence-electron chi connectivity index (χ3n) is 4.25. The quantitative estimate of drug-likeness (QED) is 0.618. The fourth-order valence-electron chi connectivity index (χ4n) is 3.19. The van der Waals surface area contributed by atoms with Crippen LogP contribution in [0.15, 0.2) is 53.5 Å². The standard InChI is InChI=1S/C17H18N2O3/c20-17(21)13-3-5-18-14-9-12(19-16(13)14)8-10-1-2-15-11(7-10)4-6-22-15/h1-3,5,7,9,14,17-21H,4,6,8H2. The van der Waals surface area contributed by atoms with Crippen LogP contribution in [-0.2, 0) is 12.8 Å². The highest BCUT2D eigenvalue weighted by molar-refractivity contribution is 5.45. The zero-order chi connectivity index (χ0) is 15.1. The van der Waals surface area contributed by atoms with Crippen LogP contribution in [0.4, 0.5) is 0 Å². The van der Waals surface area contributed by atoms with Gasteiger partial charge >= 0.3 is 0 Å². The maximum atomic E-state index is 9.45. The number of fused-ring (bicyclic) bond motifs is 2. The van der Waals surface area contributed by atoms with Gasteiger partial charge in [-0.05, 0) is 35.5 Å². The van der Waals surface area contributed by atoms with Crippen molar-refractivity contribution in [3.63, 3.8) is 0 Å². The second-order valence-corrected chi connectivity index (χ2v) is 5.75. The summed E-state index contributed by atoms with van der Waals surface area (Å²) in [6.07, 6.45) is 5.81. The fraction of sp³-hybridized carbons (Fsp3) is 0.294. The highest BCUT2D eigenvalue weighted by atomic mass is 16.5. The summed E-state index contributed by atoms with van der Waals surface area (Å²) in [5.74, 6) is 0.991. The molecule has 3 aliphatic heterocycles. The van der Waals surface area contributed by atoms with Crippen LogP contribution in [-0.4, -0.2) is 29.2 Å². The van der Waals surface area contributed by atoms with Gasteiger partial charge < -0.3 is 25.6 Å². The number of hydrogen-bond donors (Lipinski definition) is 4. The number of ether oxygens (including phenoxy) is 1. The van der Waals surface area contributed by atoms with E-state index in [4.69, 9.17) is 4.74 Å². The minimum absolute atomic E-state index is 0.0189. The van der Waals surface area contributed by atoms with Crippen molar-refractivity contribution in [2.45, 2.75) is 25.2 Å². The molecule has 5 heteroatoms. The van der Waals surface area contributed by atoms with Gasteiger partial charge in [0.05, 0.1) is 18.3 Å². The van der Waals surface area contributed by atoms with Crippen molar-refractivity contribution < 1.29 is 14.9 Å². The summed E-state index contributed by atoms with van der Waals surface area (Å²) in [7, 11) is 0. The van der Waals surface area contributed by atoms with E-state index in [-0.39, 0.29) is 6.04 Å². The highest BCUT2D eigenvalue weighted by Gasteiger charge is 2.27. The predicted octanol–water partition coefficient (Wildman–Crippen LogP) is 0.701. The van der Waals surface area contributed by atoms with Gasteiger partial charge in [-0.25, -0.2) is 0 Å². The SMILES string of the molecule is OC(O)C1=C2NC(Cc3ccc4c(c3)CCO4)=CC2NC=C1. The fourth-order valence-corrected chi connectivity index (χ4v) is 3.19. The number of aliphatic hydroxyl groups is 2. The lowest BCUT2D eigenvalue weighted by molar-refractivity contribution is -0.00629. The van der Waals surface area contributed by atoms with Crippen molar-refractivity contribution in [3.05, 3.63) is 64.6 Å². The molecule has 0 aromatic heterocycles. The van der Waals surface area contributed by atoms with E-state index in [1.165, 1.54) is 11.1 Å². The molecule has 0 spiro atoms. The normalized spacial score (nSPS) is 22.0. The molecule has 0 fully saturated rings. The van der Waals surface area contributed by atoms with Gasteiger partial charge in [0.2, 0.25) is 0 Å². The predicted molar refractivity (Wildman–Crippen MR) is 81.9 cm³/mol. The van der Waals surface area contributed by atoms with Gasteiger partial charge in [-0.15, -0.1) is 0 Å². The van der Waals surface area contributed by atoms with Gasteiger partial charge in [0, 0.05) is 24.1 Å². The van der Waals surface area contributed by atoms with Crippen LogP contribution in [0, 0.1) is 0 Å². The molecule has 0 bridgehead atoms. The van der Waals surface area contributed by atoms with Crippen LogP contribution in [0.2, 0.25) is 0 Å². The molecule has 1 aromatic rings. The summed E-state index contributed by atoms with van der Waals surface area (Å²) in [6.45, 7) is 0.766. The van der Waals surface area contributed by atoms with Crippen molar-refractivity contribution in [3.8, 4) is 5.75 Å². The highest BCUT2D eigenvalue weighted by Crippen LogP contribution is 2.28. The monoisotopic (exact) mass is 298 g/mol. The third kappa shape index (κ3) is 2.28. The lowest BCUT2D eigenvalue weighted by atomic mass is 10.0. The summed E-state index contributed by atoms with van der Waals surface area (Å²) < 4.78 is 5.53. The van der Waals surface area contributed by atoms with Crippen LogP contribution in [0.3, 0.4) is 0 Å². The first kappa shape index (κ1) is 13.4. The van der Waals surface area contributed by atoms with E-state index in [1.807, 2.05) is 6.07 Å². The maximum absolute atomic E-state index is 9.45. The number of allylic oxidation sites excluding steroid dienone is 1. The van der Waals surface area contributed by atoms with Gasteiger partial charge in [0.15, 0.2) is 6.29 Å². The Kier molecular flexibility index (Phi) is 3.17. The van der Waals surface area contributed by atoms with Gasteiger partial charge in [-0.3, -0.25) is 0 Å². The van der Waals surface area contributed by atoms with Crippen LogP contribution >= 0.6 is 0 Å². The van der Waals surface area contributed by atoms with Gasteiger partial charge in [-0.1, -0.05) is 12.1 Å². The molecular formula is C17H18N2O3. The Labute approximate surface area is 128 Å². The summed E-state index contributed by atoms with van der Waals surface area (Å²) >= 11 is 0. The first-order chi connectivity index (χ1) is 10.7. The Hall–Kier alpha value is -2.24.